The molecule has 4 rings (SSSR count). The maximum atomic E-state index is 12.8. The van der Waals surface area contributed by atoms with Crippen LogP contribution in [-0.4, -0.2) is 54.3 Å². The monoisotopic (exact) mass is 561 g/mol. The van der Waals surface area contributed by atoms with Gasteiger partial charge in [0, 0.05) is 32.1 Å². The zero-order valence-corrected chi connectivity index (χ0v) is 23.8. The van der Waals surface area contributed by atoms with Crippen LogP contribution in [0, 0.1) is 5.41 Å². The van der Waals surface area contributed by atoms with Gasteiger partial charge in [0.25, 0.3) is 0 Å². The molecule has 204 valence electrons. The van der Waals surface area contributed by atoms with Crippen LogP contribution in [0.25, 0.3) is 11.0 Å². The summed E-state index contributed by atoms with van der Waals surface area (Å²) < 4.78 is 12.7. The SMILES string of the molecule is CCOC(=O)c1cc2nc(Nc3c(Cl)ccc(CNC(=O)C(C)(C)C)c3Cl)n(C)c2cc1N1CCOCC1. The Balaban J connectivity index is 1.70. The molecule has 1 fully saturated rings. The lowest BCUT2D eigenvalue weighted by Crippen LogP contribution is -2.37. The van der Waals surface area contributed by atoms with E-state index in [4.69, 9.17) is 37.7 Å². The highest BCUT2D eigenvalue weighted by molar-refractivity contribution is 6.39. The van der Waals surface area contributed by atoms with Crippen molar-refractivity contribution in [2.24, 2.45) is 12.5 Å². The fourth-order valence-corrected chi connectivity index (χ4v) is 4.71. The van der Waals surface area contributed by atoms with E-state index in [9.17, 15) is 9.59 Å². The number of esters is 1. The number of hydrogen-bond acceptors (Lipinski definition) is 7. The van der Waals surface area contributed by atoms with E-state index in [2.05, 4.69) is 15.5 Å². The lowest BCUT2D eigenvalue weighted by molar-refractivity contribution is -0.128. The van der Waals surface area contributed by atoms with Crippen LogP contribution in [0.5, 0.6) is 0 Å². The summed E-state index contributed by atoms with van der Waals surface area (Å²) in [4.78, 5) is 32.0. The lowest BCUT2D eigenvalue weighted by Gasteiger charge is -2.30. The summed E-state index contributed by atoms with van der Waals surface area (Å²) in [6.07, 6.45) is 0. The molecular formula is C27H33Cl2N5O4. The zero-order valence-electron chi connectivity index (χ0n) is 22.3. The predicted molar refractivity (Wildman–Crippen MR) is 151 cm³/mol. The molecule has 1 saturated heterocycles. The summed E-state index contributed by atoms with van der Waals surface area (Å²) in [6.45, 7) is 10.4. The average Bonchev–Trinajstić information content (AvgIpc) is 3.19. The molecule has 0 atom stereocenters. The van der Waals surface area contributed by atoms with E-state index in [1.165, 1.54) is 0 Å². The molecule has 2 heterocycles. The Morgan fingerprint density at radius 1 is 1.16 bits per heavy atom. The topological polar surface area (TPSA) is 97.7 Å². The number of aryl methyl sites for hydroxylation is 1. The maximum absolute atomic E-state index is 12.8. The molecule has 0 bridgehead atoms. The Bertz CT molecular complexity index is 1360. The molecule has 3 aromatic rings. The highest BCUT2D eigenvalue weighted by Gasteiger charge is 2.24. The first-order valence-electron chi connectivity index (χ1n) is 12.5. The number of carbonyl (C=O) groups excluding carboxylic acids is 2. The molecule has 2 aromatic carbocycles. The van der Waals surface area contributed by atoms with Crippen molar-refractivity contribution in [3.05, 3.63) is 45.4 Å². The molecule has 11 heteroatoms. The number of nitrogens with zero attached hydrogens (tertiary/aromatic N) is 3. The van der Waals surface area contributed by atoms with Gasteiger partial charge in [0.1, 0.15) is 0 Å². The van der Waals surface area contributed by atoms with Gasteiger partial charge in [0.2, 0.25) is 11.9 Å². The summed E-state index contributed by atoms with van der Waals surface area (Å²) >= 11 is 13.2. The number of imidazole rings is 1. The van der Waals surface area contributed by atoms with E-state index in [1.54, 1.807) is 25.1 Å². The van der Waals surface area contributed by atoms with Gasteiger partial charge >= 0.3 is 5.97 Å². The zero-order chi connectivity index (χ0) is 27.6. The standard InChI is InChI=1S/C27H33Cl2N5O4/c1-6-38-24(35)17-13-19-21(14-20(17)34-9-11-37-12-10-34)33(5)26(31-19)32-23-18(28)8-7-16(22(23)29)15-30-25(36)27(2,3)4/h7-8,13-14H,6,9-12,15H2,1-5H3,(H,30,36)(H,31,32). The molecule has 2 N–H and O–H groups in total. The number of hydrogen-bond donors (Lipinski definition) is 2. The van der Waals surface area contributed by atoms with E-state index in [1.807, 2.05) is 38.5 Å². The number of benzene rings is 2. The summed E-state index contributed by atoms with van der Waals surface area (Å²) in [6, 6.07) is 7.22. The average molecular weight is 562 g/mol. The van der Waals surface area contributed by atoms with E-state index in [0.29, 0.717) is 64.6 Å². The number of amides is 1. The van der Waals surface area contributed by atoms with Gasteiger partial charge in [-0.15, -0.1) is 0 Å². The summed E-state index contributed by atoms with van der Waals surface area (Å²) in [5, 5.41) is 6.97. The Labute approximate surface area is 232 Å². The Morgan fingerprint density at radius 2 is 1.87 bits per heavy atom. The second kappa shape index (κ2) is 11.4. The third-order valence-corrected chi connectivity index (χ3v) is 7.12. The van der Waals surface area contributed by atoms with Gasteiger partial charge < -0.3 is 29.6 Å². The van der Waals surface area contributed by atoms with E-state index in [-0.39, 0.29) is 19.1 Å². The second-order valence-electron chi connectivity index (χ2n) is 10.1. The molecule has 0 aliphatic carbocycles. The minimum absolute atomic E-state index is 0.0816. The maximum Gasteiger partial charge on any atom is 0.340 e. The van der Waals surface area contributed by atoms with Crippen LogP contribution in [0.2, 0.25) is 10.0 Å². The van der Waals surface area contributed by atoms with E-state index < -0.39 is 11.4 Å². The number of fused-ring (bicyclic) bond motifs is 1. The first-order valence-corrected chi connectivity index (χ1v) is 13.3. The molecule has 9 nitrogen and oxygen atoms in total. The molecule has 0 spiro atoms. The minimum Gasteiger partial charge on any atom is -0.462 e. The molecule has 0 radical (unpaired) electrons. The van der Waals surface area contributed by atoms with Crippen LogP contribution in [0.4, 0.5) is 17.3 Å². The fraction of sp³-hybridized carbons (Fsp3) is 0.444. The molecule has 1 aliphatic rings. The summed E-state index contributed by atoms with van der Waals surface area (Å²) in [5.74, 6) is 0.0163. The van der Waals surface area contributed by atoms with Crippen molar-refractivity contribution in [1.82, 2.24) is 14.9 Å². The van der Waals surface area contributed by atoms with Gasteiger partial charge in [0.15, 0.2) is 0 Å². The van der Waals surface area contributed by atoms with Crippen LogP contribution in [0.3, 0.4) is 0 Å². The molecule has 0 unspecified atom stereocenters. The van der Waals surface area contributed by atoms with E-state index in [0.717, 1.165) is 11.2 Å². The highest BCUT2D eigenvalue weighted by Crippen LogP contribution is 2.37. The second-order valence-corrected chi connectivity index (χ2v) is 10.9. The smallest absolute Gasteiger partial charge is 0.340 e. The minimum atomic E-state index is -0.518. The van der Waals surface area contributed by atoms with Gasteiger partial charge in [-0.1, -0.05) is 50.0 Å². The number of rotatable bonds is 7. The third-order valence-electron chi connectivity index (χ3n) is 6.37. The van der Waals surface area contributed by atoms with Crippen molar-refractivity contribution < 1.29 is 19.1 Å². The van der Waals surface area contributed by atoms with Crippen molar-refractivity contribution >= 4 is 63.4 Å². The van der Waals surface area contributed by atoms with Gasteiger partial charge in [-0.05, 0) is 30.7 Å². The van der Waals surface area contributed by atoms with Crippen LogP contribution in [0.15, 0.2) is 24.3 Å². The van der Waals surface area contributed by atoms with Crippen LogP contribution < -0.4 is 15.5 Å². The molecule has 1 amide bonds. The van der Waals surface area contributed by atoms with Crippen molar-refractivity contribution in [3.63, 3.8) is 0 Å². The quantitative estimate of drug-likeness (QED) is 0.377. The van der Waals surface area contributed by atoms with Gasteiger partial charge in [-0.3, -0.25) is 4.79 Å². The Hall–Kier alpha value is -3.01. The molecule has 38 heavy (non-hydrogen) atoms. The number of anilines is 3. The first-order chi connectivity index (χ1) is 18.0. The third kappa shape index (κ3) is 5.85. The van der Waals surface area contributed by atoms with Gasteiger partial charge in [-0.25, -0.2) is 9.78 Å². The predicted octanol–water partition coefficient (Wildman–Crippen LogP) is 5.30. The molecule has 0 saturated carbocycles. The number of nitrogens with one attached hydrogen (secondary N) is 2. The van der Waals surface area contributed by atoms with Crippen molar-refractivity contribution in [1.29, 1.82) is 0 Å². The number of aromatic nitrogens is 2. The molecular weight excluding hydrogens is 529 g/mol. The first kappa shape index (κ1) is 28.0. The van der Waals surface area contributed by atoms with Gasteiger partial charge in [0.05, 0.1) is 57.8 Å². The van der Waals surface area contributed by atoms with Crippen LogP contribution >= 0.6 is 23.2 Å². The highest BCUT2D eigenvalue weighted by atomic mass is 35.5. The molecule has 1 aromatic heterocycles. The van der Waals surface area contributed by atoms with Crippen molar-refractivity contribution in [2.45, 2.75) is 34.2 Å². The number of morpholine rings is 1. The fourth-order valence-electron chi connectivity index (χ4n) is 4.18. The van der Waals surface area contributed by atoms with Crippen molar-refractivity contribution in [3.8, 4) is 0 Å². The number of ether oxygens (including phenoxy) is 2. The van der Waals surface area contributed by atoms with Crippen LogP contribution in [-0.2, 0) is 27.9 Å². The Morgan fingerprint density at radius 3 is 2.53 bits per heavy atom. The normalized spacial score (nSPS) is 14.0. The number of carbonyl (C=O) groups is 2. The van der Waals surface area contributed by atoms with Crippen LogP contribution in [0.1, 0.15) is 43.6 Å². The number of halogens is 2. The Kier molecular flexibility index (Phi) is 8.40. The summed E-state index contributed by atoms with van der Waals surface area (Å²) in [7, 11) is 1.88. The van der Waals surface area contributed by atoms with Crippen molar-refractivity contribution in [2.75, 3.05) is 43.1 Å². The van der Waals surface area contributed by atoms with Gasteiger partial charge in [-0.2, -0.15) is 0 Å². The van der Waals surface area contributed by atoms with E-state index >= 15 is 0 Å². The summed E-state index contributed by atoms with van der Waals surface area (Å²) in [5.41, 5.74) is 3.36. The largest absolute Gasteiger partial charge is 0.462 e. The lowest BCUT2D eigenvalue weighted by atomic mass is 9.95. The molecule has 1 aliphatic heterocycles.